The van der Waals surface area contributed by atoms with Crippen LogP contribution >= 0.6 is 11.3 Å². The highest BCUT2D eigenvalue weighted by molar-refractivity contribution is 7.14. The number of hydrogen-bond acceptors (Lipinski definition) is 5. The fourth-order valence-electron chi connectivity index (χ4n) is 3.45. The largest absolute Gasteiger partial charge is 0.463 e. The van der Waals surface area contributed by atoms with Crippen molar-refractivity contribution in [3.8, 4) is 22.7 Å². The SMILES string of the molecule is CCc1ccc(-c2csc(NC(=O)c3cc(-c4ccco4)nc4ccccc34)n2)cc1. The van der Waals surface area contributed by atoms with E-state index < -0.39 is 0 Å². The average Bonchev–Trinajstić information content (AvgIpc) is 3.51. The first kappa shape index (κ1) is 19.2. The van der Waals surface area contributed by atoms with Crippen molar-refractivity contribution < 1.29 is 9.21 Å². The van der Waals surface area contributed by atoms with Crippen molar-refractivity contribution in [2.45, 2.75) is 13.3 Å². The van der Waals surface area contributed by atoms with E-state index in [2.05, 4.69) is 46.5 Å². The fraction of sp³-hybridized carbons (Fsp3) is 0.0800. The molecule has 0 aliphatic rings. The molecule has 3 heterocycles. The first-order chi connectivity index (χ1) is 15.2. The highest BCUT2D eigenvalue weighted by Crippen LogP contribution is 2.28. The van der Waals surface area contributed by atoms with E-state index >= 15 is 0 Å². The number of fused-ring (bicyclic) bond motifs is 1. The Hall–Kier alpha value is -3.77. The summed E-state index contributed by atoms with van der Waals surface area (Å²) in [7, 11) is 0. The van der Waals surface area contributed by atoms with E-state index in [9.17, 15) is 4.79 Å². The van der Waals surface area contributed by atoms with Gasteiger partial charge in [-0.2, -0.15) is 0 Å². The molecule has 5 nitrogen and oxygen atoms in total. The van der Waals surface area contributed by atoms with Gasteiger partial charge in [-0.05, 0) is 36.2 Å². The van der Waals surface area contributed by atoms with Crippen LogP contribution in [0.25, 0.3) is 33.6 Å². The van der Waals surface area contributed by atoms with Crippen LogP contribution in [-0.4, -0.2) is 15.9 Å². The quantitative estimate of drug-likeness (QED) is 0.352. The highest BCUT2D eigenvalue weighted by atomic mass is 32.1. The third kappa shape index (κ3) is 3.85. The number of rotatable bonds is 5. The summed E-state index contributed by atoms with van der Waals surface area (Å²) in [6.07, 6.45) is 2.59. The van der Waals surface area contributed by atoms with E-state index in [-0.39, 0.29) is 5.91 Å². The first-order valence-electron chi connectivity index (χ1n) is 10.0. The lowest BCUT2D eigenvalue weighted by molar-refractivity contribution is 0.102. The minimum Gasteiger partial charge on any atom is -0.463 e. The van der Waals surface area contributed by atoms with Crippen LogP contribution in [0.2, 0.25) is 0 Å². The Morgan fingerprint density at radius 3 is 2.61 bits per heavy atom. The molecule has 0 unspecified atom stereocenters. The molecular weight excluding hydrogens is 406 g/mol. The minimum absolute atomic E-state index is 0.228. The Bertz CT molecular complexity index is 1360. The zero-order valence-corrected chi connectivity index (χ0v) is 17.6. The van der Waals surface area contributed by atoms with Gasteiger partial charge in [0.25, 0.3) is 5.91 Å². The highest BCUT2D eigenvalue weighted by Gasteiger charge is 2.16. The topological polar surface area (TPSA) is 68.0 Å². The second-order valence-electron chi connectivity index (χ2n) is 7.09. The molecule has 1 amide bonds. The van der Waals surface area contributed by atoms with Crippen molar-refractivity contribution in [2.75, 3.05) is 5.32 Å². The third-order valence-electron chi connectivity index (χ3n) is 5.12. The van der Waals surface area contributed by atoms with Gasteiger partial charge in [0, 0.05) is 16.3 Å². The summed E-state index contributed by atoms with van der Waals surface area (Å²) in [5, 5.41) is 6.23. The molecule has 5 rings (SSSR count). The van der Waals surface area contributed by atoms with E-state index in [0.29, 0.717) is 22.1 Å². The number of nitrogens with zero attached hydrogens (tertiary/aromatic N) is 2. The van der Waals surface area contributed by atoms with Gasteiger partial charge in [0.05, 0.1) is 23.0 Å². The van der Waals surface area contributed by atoms with Crippen molar-refractivity contribution >= 4 is 33.3 Å². The van der Waals surface area contributed by atoms with Crippen LogP contribution in [0, 0.1) is 0 Å². The van der Waals surface area contributed by atoms with Gasteiger partial charge in [-0.15, -0.1) is 11.3 Å². The predicted molar refractivity (Wildman–Crippen MR) is 124 cm³/mol. The summed E-state index contributed by atoms with van der Waals surface area (Å²) in [6.45, 7) is 2.13. The van der Waals surface area contributed by atoms with Crippen LogP contribution in [0.3, 0.4) is 0 Å². The summed E-state index contributed by atoms with van der Waals surface area (Å²) in [5.74, 6) is 0.389. The molecule has 0 saturated carbocycles. The number of carbonyl (C=O) groups is 1. The van der Waals surface area contributed by atoms with Crippen LogP contribution in [0.15, 0.2) is 82.8 Å². The molecule has 31 heavy (non-hydrogen) atoms. The van der Waals surface area contributed by atoms with Gasteiger partial charge in [-0.1, -0.05) is 49.4 Å². The number of anilines is 1. The zero-order valence-electron chi connectivity index (χ0n) is 16.8. The van der Waals surface area contributed by atoms with Crippen LogP contribution in [-0.2, 0) is 6.42 Å². The Morgan fingerprint density at radius 2 is 1.84 bits per heavy atom. The summed E-state index contributed by atoms with van der Waals surface area (Å²) in [4.78, 5) is 22.4. The fourth-order valence-corrected chi connectivity index (χ4v) is 4.17. The minimum atomic E-state index is -0.228. The summed E-state index contributed by atoms with van der Waals surface area (Å²) in [5.41, 5.74) is 5.04. The Kier molecular flexibility index (Phi) is 5.06. The average molecular weight is 426 g/mol. The lowest BCUT2D eigenvalue weighted by Gasteiger charge is -2.08. The molecule has 3 aromatic heterocycles. The van der Waals surface area contributed by atoms with Crippen molar-refractivity contribution in [3.63, 3.8) is 0 Å². The molecule has 0 radical (unpaired) electrons. The standard InChI is InChI=1S/C25H19N3O2S/c1-2-16-9-11-17(12-10-16)22-15-31-25(27-22)28-24(29)19-14-21(23-8-5-13-30-23)26-20-7-4-3-6-18(19)20/h3-15H,2H2,1H3,(H,27,28,29). The number of nitrogens with one attached hydrogen (secondary N) is 1. The first-order valence-corrected chi connectivity index (χ1v) is 10.9. The molecule has 1 N–H and O–H groups in total. The molecule has 5 aromatic rings. The maximum atomic E-state index is 13.2. The van der Waals surface area contributed by atoms with Gasteiger partial charge in [0.2, 0.25) is 0 Å². The van der Waals surface area contributed by atoms with Crippen LogP contribution in [0.1, 0.15) is 22.8 Å². The Morgan fingerprint density at radius 1 is 1.00 bits per heavy atom. The number of benzene rings is 2. The maximum absolute atomic E-state index is 13.2. The van der Waals surface area contributed by atoms with E-state index in [4.69, 9.17) is 4.42 Å². The number of thiazole rings is 1. The van der Waals surface area contributed by atoms with Crippen LogP contribution in [0.5, 0.6) is 0 Å². The van der Waals surface area contributed by atoms with Gasteiger partial charge in [0.15, 0.2) is 10.9 Å². The second-order valence-corrected chi connectivity index (χ2v) is 7.95. The molecule has 0 aliphatic heterocycles. The molecule has 152 valence electrons. The van der Waals surface area contributed by atoms with Crippen LogP contribution in [0.4, 0.5) is 5.13 Å². The van der Waals surface area contributed by atoms with Crippen molar-refractivity contribution in [1.29, 1.82) is 0 Å². The monoisotopic (exact) mass is 425 g/mol. The number of carbonyl (C=O) groups excluding carboxylic acids is 1. The van der Waals surface area contributed by atoms with Gasteiger partial charge in [0.1, 0.15) is 5.69 Å². The van der Waals surface area contributed by atoms with Crippen molar-refractivity contribution in [3.05, 3.63) is 89.5 Å². The summed E-state index contributed by atoms with van der Waals surface area (Å²) >= 11 is 1.41. The molecule has 0 fully saturated rings. The normalized spacial score (nSPS) is 11.0. The third-order valence-corrected chi connectivity index (χ3v) is 5.87. The number of amides is 1. The second kappa shape index (κ2) is 8.16. The lowest BCUT2D eigenvalue weighted by Crippen LogP contribution is -2.13. The van der Waals surface area contributed by atoms with Gasteiger partial charge in [-0.25, -0.2) is 9.97 Å². The number of aromatic nitrogens is 2. The zero-order chi connectivity index (χ0) is 21.2. The van der Waals surface area contributed by atoms with Gasteiger partial charge < -0.3 is 4.42 Å². The van der Waals surface area contributed by atoms with E-state index in [1.807, 2.05) is 35.7 Å². The number of para-hydroxylation sites is 1. The van der Waals surface area contributed by atoms with E-state index in [1.54, 1.807) is 18.4 Å². The molecular formula is C25H19N3O2S. The van der Waals surface area contributed by atoms with E-state index in [1.165, 1.54) is 16.9 Å². The molecule has 6 heteroatoms. The molecule has 0 atom stereocenters. The number of hydrogen-bond donors (Lipinski definition) is 1. The van der Waals surface area contributed by atoms with Gasteiger partial charge >= 0.3 is 0 Å². The number of pyridine rings is 1. The maximum Gasteiger partial charge on any atom is 0.258 e. The van der Waals surface area contributed by atoms with Crippen molar-refractivity contribution in [2.24, 2.45) is 0 Å². The predicted octanol–water partition coefficient (Wildman–Crippen LogP) is 6.43. The van der Waals surface area contributed by atoms with Crippen molar-refractivity contribution in [1.82, 2.24) is 9.97 Å². The molecule has 2 aromatic carbocycles. The molecule has 0 saturated heterocycles. The number of furan rings is 1. The molecule has 0 bridgehead atoms. The van der Waals surface area contributed by atoms with E-state index in [0.717, 1.165) is 28.6 Å². The van der Waals surface area contributed by atoms with Crippen LogP contribution < -0.4 is 5.32 Å². The lowest BCUT2D eigenvalue weighted by atomic mass is 10.1. The molecule has 0 aliphatic carbocycles. The smallest absolute Gasteiger partial charge is 0.258 e. The Balaban J connectivity index is 1.46. The Labute approximate surface area is 183 Å². The summed E-state index contributed by atoms with van der Waals surface area (Å²) < 4.78 is 5.49. The van der Waals surface area contributed by atoms with Gasteiger partial charge in [-0.3, -0.25) is 10.1 Å². The number of aryl methyl sites for hydroxylation is 1. The summed E-state index contributed by atoms with van der Waals surface area (Å²) in [6, 6.07) is 21.3. The molecule has 0 spiro atoms.